The van der Waals surface area contributed by atoms with Crippen molar-refractivity contribution < 1.29 is 8.42 Å². The summed E-state index contributed by atoms with van der Waals surface area (Å²) in [4.78, 5) is 4.00. The van der Waals surface area contributed by atoms with Gasteiger partial charge in [-0.25, -0.2) is 13.4 Å². The molecule has 116 valence electrons. The number of hydrogen-bond acceptors (Lipinski definition) is 4. The molecule has 0 aromatic carbocycles. The average Bonchev–Trinajstić information content (AvgIpc) is 2.49. The van der Waals surface area contributed by atoms with Crippen molar-refractivity contribution in [1.82, 2.24) is 9.29 Å². The van der Waals surface area contributed by atoms with Crippen molar-refractivity contribution in [3.8, 4) is 0 Å². The molecule has 0 bridgehead atoms. The molecule has 1 saturated carbocycles. The molecule has 2 fully saturated rings. The lowest BCUT2D eigenvalue weighted by Crippen LogP contribution is -2.44. The number of aromatic nitrogens is 1. The van der Waals surface area contributed by atoms with E-state index in [-0.39, 0.29) is 15.7 Å². The monoisotopic (exact) mass is 329 g/mol. The SMILES string of the molecule is Nc1ncc(S(=O)(=O)N2CCC3CCCCC3C2)cc1Cl. The largest absolute Gasteiger partial charge is 0.382 e. The van der Waals surface area contributed by atoms with Crippen LogP contribution in [0.5, 0.6) is 0 Å². The number of fused-ring (bicyclic) bond motifs is 1. The molecule has 2 heterocycles. The molecule has 1 saturated heterocycles. The van der Waals surface area contributed by atoms with Gasteiger partial charge in [0.25, 0.3) is 0 Å². The van der Waals surface area contributed by atoms with Gasteiger partial charge in [-0.05, 0) is 30.7 Å². The minimum atomic E-state index is -3.52. The van der Waals surface area contributed by atoms with Crippen LogP contribution in [0.2, 0.25) is 5.02 Å². The fraction of sp³-hybridized carbons (Fsp3) is 0.643. The molecule has 21 heavy (non-hydrogen) atoms. The van der Waals surface area contributed by atoms with E-state index in [4.69, 9.17) is 17.3 Å². The number of pyridine rings is 1. The third kappa shape index (κ3) is 2.89. The molecule has 5 nitrogen and oxygen atoms in total. The van der Waals surface area contributed by atoms with Crippen LogP contribution in [-0.4, -0.2) is 30.8 Å². The molecule has 0 radical (unpaired) electrons. The predicted octanol–water partition coefficient (Wildman–Crippen LogP) is 2.52. The molecule has 2 unspecified atom stereocenters. The molecule has 1 aliphatic carbocycles. The summed E-state index contributed by atoms with van der Waals surface area (Å²) in [5.41, 5.74) is 5.55. The summed E-state index contributed by atoms with van der Waals surface area (Å²) in [7, 11) is -3.52. The van der Waals surface area contributed by atoms with Crippen molar-refractivity contribution in [1.29, 1.82) is 0 Å². The number of anilines is 1. The molecule has 0 spiro atoms. The minimum absolute atomic E-state index is 0.135. The summed E-state index contributed by atoms with van der Waals surface area (Å²) in [6, 6.07) is 1.40. The summed E-state index contributed by atoms with van der Waals surface area (Å²) < 4.78 is 27.0. The molecule has 3 rings (SSSR count). The van der Waals surface area contributed by atoms with Gasteiger partial charge in [0.05, 0.1) is 5.02 Å². The van der Waals surface area contributed by atoms with Gasteiger partial charge < -0.3 is 5.73 Å². The lowest BCUT2D eigenvalue weighted by atomic mass is 9.76. The van der Waals surface area contributed by atoms with Crippen LogP contribution in [-0.2, 0) is 10.0 Å². The molecule has 2 atom stereocenters. The van der Waals surface area contributed by atoms with Crippen LogP contribution in [0.25, 0.3) is 0 Å². The van der Waals surface area contributed by atoms with Crippen LogP contribution in [0.3, 0.4) is 0 Å². The van der Waals surface area contributed by atoms with Gasteiger partial charge in [-0.1, -0.05) is 30.9 Å². The first-order chi connectivity index (χ1) is 9.98. The van der Waals surface area contributed by atoms with Crippen LogP contribution >= 0.6 is 11.6 Å². The van der Waals surface area contributed by atoms with E-state index in [0.29, 0.717) is 24.9 Å². The summed E-state index contributed by atoms with van der Waals surface area (Å²) >= 11 is 5.90. The van der Waals surface area contributed by atoms with E-state index in [0.717, 1.165) is 12.8 Å². The average molecular weight is 330 g/mol. The molecule has 1 aliphatic heterocycles. The third-order valence-electron chi connectivity index (χ3n) is 4.74. The highest BCUT2D eigenvalue weighted by Crippen LogP contribution is 2.37. The number of hydrogen-bond donors (Lipinski definition) is 1. The fourth-order valence-corrected chi connectivity index (χ4v) is 5.22. The van der Waals surface area contributed by atoms with E-state index in [2.05, 4.69) is 4.98 Å². The maximum atomic E-state index is 12.7. The van der Waals surface area contributed by atoms with Gasteiger partial charge in [0.2, 0.25) is 10.0 Å². The molecule has 1 aromatic heterocycles. The summed E-state index contributed by atoms with van der Waals surface area (Å²) in [5, 5.41) is 0.184. The zero-order chi connectivity index (χ0) is 15.0. The number of rotatable bonds is 2. The third-order valence-corrected chi connectivity index (χ3v) is 6.87. The van der Waals surface area contributed by atoms with E-state index in [1.807, 2.05) is 0 Å². The van der Waals surface area contributed by atoms with E-state index < -0.39 is 10.0 Å². The Morgan fingerprint density at radius 1 is 1.24 bits per heavy atom. The number of nitrogens with zero attached hydrogens (tertiary/aromatic N) is 2. The Balaban J connectivity index is 1.83. The van der Waals surface area contributed by atoms with E-state index >= 15 is 0 Å². The van der Waals surface area contributed by atoms with Gasteiger partial charge in [0, 0.05) is 19.3 Å². The summed E-state index contributed by atoms with van der Waals surface area (Å²) in [6.45, 7) is 1.21. The van der Waals surface area contributed by atoms with Crippen molar-refractivity contribution in [2.45, 2.75) is 37.0 Å². The molecule has 0 amide bonds. The molecule has 2 aliphatic rings. The molecule has 2 N–H and O–H groups in total. The number of piperidine rings is 1. The van der Waals surface area contributed by atoms with Crippen LogP contribution in [0.4, 0.5) is 5.82 Å². The Morgan fingerprint density at radius 2 is 1.95 bits per heavy atom. The highest BCUT2D eigenvalue weighted by atomic mass is 35.5. The van der Waals surface area contributed by atoms with Crippen LogP contribution in [0.1, 0.15) is 32.1 Å². The number of halogens is 1. The number of sulfonamides is 1. The first-order valence-corrected chi connectivity index (χ1v) is 9.21. The maximum absolute atomic E-state index is 12.7. The highest BCUT2D eigenvalue weighted by molar-refractivity contribution is 7.89. The normalized spacial score (nSPS) is 27.3. The standard InChI is InChI=1S/C14H20ClN3O2S/c15-13-7-12(8-17-14(13)16)21(19,20)18-6-5-10-3-1-2-4-11(10)9-18/h7-8,10-11H,1-6,9H2,(H2,16,17). The Hall–Kier alpha value is -0.850. The first kappa shape index (κ1) is 15.1. The van der Waals surface area contributed by atoms with E-state index in [1.165, 1.54) is 31.5 Å². The second kappa shape index (κ2) is 5.74. The second-order valence-electron chi connectivity index (χ2n) is 5.99. The highest BCUT2D eigenvalue weighted by Gasteiger charge is 2.36. The van der Waals surface area contributed by atoms with Crippen LogP contribution in [0, 0.1) is 11.8 Å². The lowest BCUT2D eigenvalue weighted by molar-refractivity contribution is 0.136. The Bertz CT molecular complexity index is 635. The van der Waals surface area contributed by atoms with Gasteiger partial charge in [-0.2, -0.15) is 4.31 Å². The number of nitrogens with two attached hydrogens (primary N) is 1. The zero-order valence-electron chi connectivity index (χ0n) is 11.8. The van der Waals surface area contributed by atoms with Crippen LogP contribution < -0.4 is 5.73 Å². The van der Waals surface area contributed by atoms with Gasteiger partial charge >= 0.3 is 0 Å². The smallest absolute Gasteiger partial charge is 0.244 e. The first-order valence-electron chi connectivity index (χ1n) is 7.39. The van der Waals surface area contributed by atoms with Crippen LogP contribution in [0.15, 0.2) is 17.2 Å². The van der Waals surface area contributed by atoms with Crippen molar-refractivity contribution in [3.63, 3.8) is 0 Å². The van der Waals surface area contributed by atoms with Crippen molar-refractivity contribution >= 4 is 27.4 Å². The maximum Gasteiger partial charge on any atom is 0.244 e. The quantitative estimate of drug-likeness (QED) is 0.904. The van der Waals surface area contributed by atoms with Gasteiger partial charge in [-0.15, -0.1) is 0 Å². The summed E-state index contributed by atoms with van der Waals surface area (Å²) in [5.74, 6) is 1.35. The van der Waals surface area contributed by atoms with E-state index in [1.54, 1.807) is 4.31 Å². The number of nitrogen functional groups attached to an aromatic ring is 1. The Morgan fingerprint density at radius 3 is 2.67 bits per heavy atom. The zero-order valence-corrected chi connectivity index (χ0v) is 13.4. The Kier molecular flexibility index (Phi) is 4.12. The molecular formula is C14H20ClN3O2S. The second-order valence-corrected chi connectivity index (χ2v) is 8.34. The van der Waals surface area contributed by atoms with Crippen molar-refractivity contribution in [3.05, 3.63) is 17.3 Å². The van der Waals surface area contributed by atoms with Gasteiger partial charge in [-0.3, -0.25) is 0 Å². The molecule has 7 heteroatoms. The van der Waals surface area contributed by atoms with Crippen molar-refractivity contribution in [2.24, 2.45) is 11.8 Å². The molecular weight excluding hydrogens is 310 g/mol. The molecule has 1 aromatic rings. The predicted molar refractivity (Wildman–Crippen MR) is 82.5 cm³/mol. The fourth-order valence-electron chi connectivity index (χ4n) is 3.51. The topological polar surface area (TPSA) is 76.3 Å². The summed E-state index contributed by atoms with van der Waals surface area (Å²) in [6.07, 6.45) is 7.13. The minimum Gasteiger partial charge on any atom is -0.382 e. The lowest BCUT2D eigenvalue weighted by Gasteiger charge is -2.40. The van der Waals surface area contributed by atoms with E-state index in [9.17, 15) is 8.42 Å². The Labute approximate surface area is 130 Å². The van der Waals surface area contributed by atoms with Gasteiger partial charge in [0.1, 0.15) is 10.7 Å². The van der Waals surface area contributed by atoms with Crippen molar-refractivity contribution in [2.75, 3.05) is 18.8 Å². The van der Waals surface area contributed by atoms with Gasteiger partial charge in [0.15, 0.2) is 0 Å².